The van der Waals surface area contributed by atoms with Crippen LogP contribution in [0.25, 0.3) is 0 Å². The summed E-state index contributed by atoms with van der Waals surface area (Å²) in [5, 5.41) is 10.00. The van der Waals surface area contributed by atoms with Crippen LogP contribution in [-0.2, 0) is 20.0 Å². The van der Waals surface area contributed by atoms with Gasteiger partial charge in [-0.3, -0.25) is 4.57 Å². The zero-order valence-electron chi connectivity index (χ0n) is 11.6. The molecule has 0 aromatic heterocycles. The summed E-state index contributed by atoms with van der Waals surface area (Å²) in [6.07, 6.45) is 2.00. The SMILES string of the molecule is CCOP(=O)(OCC)C(O)CCCc1ccccc1. The molecule has 0 amide bonds. The van der Waals surface area contributed by atoms with Gasteiger partial charge in [-0.15, -0.1) is 0 Å². The van der Waals surface area contributed by atoms with Crippen LogP contribution < -0.4 is 0 Å². The minimum atomic E-state index is -3.38. The Morgan fingerprint density at radius 1 is 1.16 bits per heavy atom. The zero-order valence-corrected chi connectivity index (χ0v) is 12.5. The Labute approximate surface area is 115 Å². The van der Waals surface area contributed by atoms with Crippen LogP contribution in [0.5, 0.6) is 0 Å². The second-order valence-corrected chi connectivity index (χ2v) is 6.43. The summed E-state index contributed by atoms with van der Waals surface area (Å²) >= 11 is 0. The third-order valence-corrected chi connectivity index (χ3v) is 4.98. The minimum Gasteiger partial charge on any atom is -0.380 e. The van der Waals surface area contributed by atoms with Gasteiger partial charge in [-0.25, -0.2) is 0 Å². The molecule has 0 bridgehead atoms. The van der Waals surface area contributed by atoms with Crippen molar-refractivity contribution in [1.82, 2.24) is 0 Å². The third-order valence-electron chi connectivity index (χ3n) is 2.75. The fourth-order valence-corrected chi connectivity index (χ4v) is 3.50. The second-order valence-electron chi connectivity index (χ2n) is 4.23. The van der Waals surface area contributed by atoms with Crippen LogP contribution in [0.2, 0.25) is 0 Å². The first-order valence-electron chi connectivity index (χ1n) is 6.73. The number of benzene rings is 1. The van der Waals surface area contributed by atoms with E-state index >= 15 is 0 Å². The van der Waals surface area contributed by atoms with E-state index in [4.69, 9.17) is 9.05 Å². The molecule has 0 heterocycles. The first kappa shape index (κ1) is 16.4. The largest absolute Gasteiger partial charge is 0.380 e. The van der Waals surface area contributed by atoms with E-state index in [0.29, 0.717) is 6.42 Å². The third kappa shape index (κ3) is 5.45. The van der Waals surface area contributed by atoms with Gasteiger partial charge in [0.15, 0.2) is 5.85 Å². The molecule has 1 unspecified atom stereocenters. The van der Waals surface area contributed by atoms with E-state index in [0.717, 1.165) is 12.8 Å². The van der Waals surface area contributed by atoms with Crippen LogP contribution >= 0.6 is 7.60 Å². The van der Waals surface area contributed by atoms with Gasteiger partial charge in [-0.1, -0.05) is 30.3 Å². The Balaban J connectivity index is 2.44. The van der Waals surface area contributed by atoms with E-state index < -0.39 is 13.4 Å². The lowest BCUT2D eigenvalue weighted by Crippen LogP contribution is -2.13. The molecule has 0 spiro atoms. The standard InChI is InChI=1S/C14H23O4P/c1-3-17-19(16,18-4-2)14(15)12-8-11-13-9-6-5-7-10-13/h5-7,9-10,14-15H,3-4,8,11-12H2,1-2H3. The maximum Gasteiger partial charge on any atom is 0.358 e. The van der Waals surface area contributed by atoms with Gasteiger partial charge < -0.3 is 14.2 Å². The minimum absolute atomic E-state index is 0.271. The van der Waals surface area contributed by atoms with Crippen molar-refractivity contribution in [2.45, 2.75) is 39.0 Å². The van der Waals surface area contributed by atoms with Crippen molar-refractivity contribution in [1.29, 1.82) is 0 Å². The Hall–Kier alpha value is -0.670. The molecule has 5 heteroatoms. The predicted molar refractivity (Wildman–Crippen MR) is 76.2 cm³/mol. The Kier molecular flexibility index (Phi) is 7.32. The predicted octanol–water partition coefficient (Wildman–Crippen LogP) is 3.59. The fourth-order valence-electron chi connectivity index (χ4n) is 1.86. The molecule has 1 atom stereocenters. The summed E-state index contributed by atoms with van der Waals surface area (Å²) in [6.45, 7) is 4.02. The number of aryl methyl sites for hydroxylation is 1. The van der Waals surface area contributed by atoms with Crippen molar-refractivity contribution in [3.63, 3.8) is 0 Å². The van der Waals surface area contributed by atoms with Crippen molar-refractivity contribution in [2.75, 3.05) is 13.2 Å². The number of hydrogen-bond donors (Lipinski definition) is 1. The highest BCUT2D eigenvalue weighted by Crippen LogP contribution is 2.53. The van der Waals surface area contributed by atoms with Gasteiger partial charge in [0, 0.05) is 0 Å². The van der Waals surface area contributed by atoms with Crippen LogP contribution in [0.4, 0.5) is 0 Å². The molecule has 19 heavy (non-hydrogen) atoms. The maximum absolute atomic E-state index is 12.3. The number of aliphatic hydroxyl groups excluding tert-OH is 1. The summed E-state index contributed by atoms with van der Waals surface area (Å²) in [7, 11) is -3.38. The molecular formula is C14H23O4P. The molecule has 108 valence electrons. The average Bonchev–Trinajstić information content (AvgIpc) is 2.40. The van der Waals surface area contributed by atoms with Gasteiger partial charge >= 0.3 is 7.60 Å². The highest BCUT2D eigenvalue weighted by molar-refractivity contribution is 7.54. The van der Waals surface area contributed by atoms with Gasteiger partial charge in [0.2, 0.25) is 0 Å². The monoisotopic (exact) mass is 286 g/mol. The van der Waals surface area contributed by atoms with Crippen LogP contribution in [0, 0.1) is 0 Å². The second kappa shape index (κ2) is 8.49. The van der Waals surface area contributed by atoms with Crippen molar-refractivity contribution in [3.8, 4) is 0 Å². The molecule has 0 radical (unpaired) electrons. The van der Waals surface area contributed by atoms with Gasteiger partial charge in [-0.05, 0) is 38.7 Å². The van der Waals surface area contributed by atoms with Crippen molar-refractivity contribution in [2.24, 2.45) is 0 Å². The van der Waals surface area contributed by atoms with E-state index in [1.54, 1.807) is 13.8 Å². The van der Waals surface area contributed by atoms with E-state index in [9.17, 15) is 9.67 Å². The Bertz CT molecular complexity index is 384. The molecule has 4 nitrogen and oxygen atoms in total. The molecule has 1 rings (SSSR count). The van der Waals surface area contributed by atoms with Crippen molar-refractivity contribution >= 4 is 7.60 Å². The lowest BCUT2D eigenvalue weighted by molar-refractivity contribution is 0.143. The van der Waals surface area contributed by atoms with Gasteiger partial charge in [0.25, 0.3) is 0 Å². The fraction of sp³-hybridized carbons (Fsp3) is 0.571. The molecule has 1 N–H and O–H groups in total. The average molecular weight is 286 g/mol. The molecule has 1 aromatic rings. The van der Waals surface area contributed by atoms with Crippen LogP contribution in [0.1, 0.15) is 32.3 Å². The van der Waals surface area contributed by atoms with Crippen molar-refractivity contribution in [3.05, 3.63) is 35.9 Å². The molecule has 0 fully saturated rings. The lowest BCUT2D eigenvalue weighted by atomic mass is 10.1. The first-order chi connectivity index (χ1) is 9.12. The topological polar surface area (TPSA) is 55.8 Å². The van der Waals surface area contributed by atoms with E-state index in [2.05, 4.69) is 0 Å². The summed E-state index contributed by atoms with van der Waals surface area (Å²) in [5.41, 5.74) is 1.21. The first-order valence-corrected chi connectivity index (χ1v) is 8.34. The van der Waals surface area contributed by atoms with Crippen LogP contribution in [0.15, 0.2) is 30.3 Å². The summed E-state index contributed by atoms with van der Waals surface area (Å²) in [4.78, 5) is 0. The Morgan fingerprint density at radius 3 is 2.26 bits per heavy atom. The molecule has 0 saturated heterocycles. The normalized spacial score (nSPS) is 13.4. The maximum atomic E-state index is 12.3. The molecule has 1 aromatic carbocycles. The quantitative estimate of drug-likeness (QED) is 0.705. The highest BCUT2D eigenvalue weighted by atomic mass is 31.2. The summed E-state index contributed by atoms with van der Waals surface area (Å²) in [5.74, 6) is -1.05. The molecule has 0 aliphatic carbocycles. The van der Waals surface area contributed by atoms with Gasteiger partial charge in [0.1, 0.15) is 0 Å². The number of hydrogen-bond acceptors (Lipinski definition) is 4. The smallest absolute Gasteiger partial charge is 0.358 e. The van der Waals surface area contributed by atoms with Crippen molar-refractivity contribution < 1.29 is 18.7 Å². The Morgan fingerprint density at radius 2 is 1.74 bits per heavy atom. The lowest BCUT2D eigenvalue weighted by Gasteiger charge is -2.22. The summed E-state index contributed by atoms with van der Waals surface area (Å²) in [6, 6.07) is 10.0. The van der Waals surface area contributed by atoms with E-state index in [1.165, 1.54) is 5.56 Å². The van der Waals surface area contributed by atoms with E-state index in [1.807, 2.05) is 30.3 Å². The highest BCUT2D eigenvalue weighted by Gasteiger charge is 2.33. The number of aliphatic hydroxyl groups is 1. The van der Waals surface area contributed by atoms with E-state index in [-0.39, 0.29) is 13.2 Å². The molecular weight excluding hydrogens is 263 g/mol. The molecule has 0 saturated carbocycles. The zero-order chi connectivity index (χ0) is 14.1. The van der Waals surface area contributed by atoms with Gasteiger partial charge in [-0.2, -0.15) is 0 Å². The van der Waals surface area contributed by atoms with Crippen LogP contribution in [0.3, 0.4) is 0 Å². The summed E-state index contributed by atoms with van der Waals surface area (Å²) < 4.78 is 22.5. The van der Waals surface area contributed by atoms with Gasteiger partial charge in [0.05, 0.1) is 13.2 Å². The number of rotatable bonds is 9. The molecule has 0 aliphatic rings. The van der Waals surface area contributed by atoms with Crippen LogP contribution in [-0.4, -0.2) is 24.2 Å². The molecule has 0 aliphatic heterocycles.